The number of phenols is 1. The van der Waals surface area contributed by atoms with Crippen LogP contribution >= 0.6 is 0 Å². The van der Waals surface area contributed by atoms with Crippen molar-refractivity contribution in [3.05, 3.63) is 89.0 Å². The van der Waals surface area contributed by atoms with Gasteiger partial charge >= 0.3 is 0 Å². The Morgan fingerprint density at radius 3 is 2.52 bits per heavy atom. The van der Waals surface area contributed by atoms with Crippen molar-refractivity contribution in [1.29, 1.82) is 0 Å². The predicted octanol–water partition coefficient (Wildman–Crippen LogP) is 4.04. The van der Waals surface area contributed by atoms with E-state index in [-0.39, 0.29) is 17.7 Å². The highest BCUT2D eigenvalue weighted by atomic mass is 16.5. The summed E-state index contributed by atoms with van der Waals surface area (Å²) in [6, 6.07) is 21.1. The number of carbonyl (C=O) groups excluding carboxylic acids is 1. The molecule has 4 rings (SSSR count). The Bertz CT molecular complexity index is 1100. The van der Waals surface area contributed by atoms with Gasteiger partial charge in [-0.3, -0.25) is 9.69 Å². The summed E-state index contributed by atoms with van der Waals surface area (Å²) in [5, 5.41) is 13.2. The lowest BCUT2D eigenvalue weighted by Gasteiger charge is -2.36. The second kappa shape index (κ2) is 10.4. The zero-order chi connectivity index (χ0) is 23.2. The van der Waals surface area contributed by atoms with Gasteiger partial charge in [-0.15, -0.1) is 0 Å². The van der Waals surface area contributed by atoms with Crippen LogP contribution in [0.5, 0.6) is 17.2 Å². The number of aromatic hydroxyl groups is 1. The molecule has 0 aliphatic carbocycles. The van der Waals surface area contributed by atoms with Crippen molar-refractivity contribution in [2.24, 2.45) is 0 Å². The number of phenolic OH excluding ortho intramolecular Hbond substituents is 1. The van der Waals surface area contributed by atoms with Crippen LogP contribution in [0.4, 0.5) is 0 Å². The molecule has 1 aliphatic rings. The molecule has 0 radical (unpaired) electrons. The Labute approximate surface area is 194 Å². The van der Waals surface area contributed by atoms with Crippen LogP contribution in [0.3, 0.4) is 0 Å². The first-order valence-corrected chi connectivity index (χ1v) is 11.2. The van der Waals surface area contributed by atoms with E-state index < -0.39 is 0 Å². The number of nitrogens with one attached hydrogen (secondary N) is 1. The van der Waals surface area contributed by atoms with E-state index in [9.17, 15) is 9.90 Å². The van der Waals surface area contributed by atoms with Crippen LogP contribution in [-0.2, 0) is 30.8 Å². The van der Waals surface area contributed by atoms with Gasteiger partial charge in [0.05, 0.1) is 19.8 Å². The van der Waals surface area contributed by atoms with Gasteiger partial charge in [0.1, 0.15) is 5.75 Å². The Morgan fingerprint density at radius 1 is 1.06 bits per heavy atom. The largest absolute Gasteiger partial charge is 0.504 e. The molecule has 1 heterocycles. The first-order valence-electron chi connectivity index (χ1n) is 11.2. The van der Waals surface area contributed by atoms with Crippen LogP contribution in [0.15, 0.2) is 66.7 Å². The number of methoxy groups -OCH3 is 1. The van der Waals surface area contributed by atoms with E-state index in [2.05, 4.69) is 22.3 Å². The van der Waals surface area contributed by atoms with Gasteiger partial charge in [-0.2, -0.15) is 0 Å². The van der Waals surface area contributed by atoms with Crippen LogP contribution in [0.2, 0.25) is 0 Å². The zero-order valence-electron chi connectivity index (χ0n) is 19.1. The number of ether oxygens (including phenoxy) is 2. The molecule has 6 nitrogen and oxygen atoms in total. The monoisotopic (exact) mass is 446 g/mol. The van der Waals surface area contributed by atoms with Crippen molar-refractivity contribution >= 4 is 5.91 Å². The smallest absolute Gasteiger partial charge is 0.237 e. The van der Waals surface area contributed by atoms with Crippen LogP contribution in [-0.4, -0.2) is 35.7 Å². The van der Waals surface area contributed by atoms with Crippen LogP contribution in [0.25, 0.3) is 0 Å². The second-order valence-electron chi connectivity index (χ2n) is 8.19. The number of nitrogens with zero attached hydrogens (tertiary/aromatic N) is 1. The lowest BCUT2D eigenvalue weighted by molar-refractivity contribution is -0.127. The molecule has 0 fully saturated rings. The minimum absolute atomic E-state index is 0.00383. The van der Waals surface area contributed by atoms with Gasteiger partial charge in [-0.25, -0.2) is 0 Å². The Kier molecular flexibility index (Phi) is 7.15. The molecule has 1 unspecified atom stereocenters. The van der Waals surface area contributed by atoms with E-state index in [0.29, 0.717) is 38.4 Å². The van der Waals surface area contributed by atoms with E-state index >= 15 is 0 Å². The quantitative estimate of drug-likeness (QED) is 0.546. The molecule has 0 saturated heterocycles. The molecule has 2 N–H and O–H groups in total. The number of fused-ring (bicyclic) bond motifs is 1. The summed E-state index contributed by atoms with van der Waals surface area (Å²) in [5.74, 6) is 1.39. The van der Waals surface area contributed by atoms with Crippen molar-refractivity contribution in [1.82, 2.24) is 10.2 Å². The summed E-state index contributed by atoms with van der Waals surface area (Å²) in [5.41, 5.74) is 4.45. The summed E-state index contributed by atoms with van der Waals surface area (Å²) in [4.78, 5) is 15.5. The number of rotatable bonds is 8. The topological polar surface area (TPSA) is 71.0 Å². The fraction of sp³-hybridized carbons (Fsp3) is 0.296. The van der Waals surface area contributed by atoms with Gasteiger partial charge in [0.2, 0.25) is 5.91 Å². The Morgan fingerprint density at radius 2 is 1.79 bits per heavy atom. The number of benzene rings is 3. The van der Waals surface area contributed by atoms with Gasteiger partial charge in [0.25, 0.3) is 0 Å². The van der Waals surface area contributed by atoms with Gasteiger partial charge in [0.15, 0.2) is 11.5 Å². The molecule has 1 aliphatic heterocycles. The maximum atomic E-state index is 13.3. The summed E-state index contributed by atoms with van der Waals surface area (Å²) < 4.78 is 10.8. The normalized spacial score (nSPS) is 15.5. The molecule has 172 valence electrons. The summed E-state index contributed by atoms with van der Waals surface area (Å²) in [6.45, 7) is 4.08. The predicted molar refractivity (Wildman–Crippen MR) is 127 cm³/mol. The Hall–Kier alpha value is -3.51. The van der Waals surface area contributed by atoms with E-state index in [4.69, 9.17) is 9.47 Å². The van der Waals surface area contributed by atoms with Crippen LogP contribution in [0, 0.1) is 0 Å². The molecule has 3 aromatic rings. The van der Waals surface area contributed by atoms with Gasteiger partial charge in [-0.1, -0.05) is 42.5 Å². The molecular weight excluding hydrogens is 416 g/mol. The Balaban J connectivity index is 1.51. The van der Waals surface area contributed by atoms with E-state index in [1.807, 2.05) is 55.5 Å². The first kappa shape index (κ1) is 22.7. The maximum Gasteiger partial charge on any atom is 0.237 e. The molecule has 6 heteroatoms. The highest BCUT2D eigenvalue weighted by Gasteiger charge is 2.31. The number of carbonyl (C=O) groups is 1. The van der Waals surface area contributed by atoms with Crippen LogP contribution in [0.1, 0.15) is 29.2 Å². The molecule has 1 atom stereocenters. The third-order valence-electron chi connectivity index (χ3n) is 5.98. The third-order valence-corrected chi connectivity index (χ3v) is 5.98. The van der Waals surface area contributed by atoms with Gasteiger partial charge in [-0.05, 0) is 59.9 Å². The SMILES string of the molecule is CCOc1cc(CN2Cc3ccccc3CC2C(=O)NCc2ccc(OC)cc2)ccc1O. The lowest BCUT2D eigenvalue weighted by Crippen LogP contribution is -2.49. The zero-order valence-corrected chi connectivity index (χ0v) is 19.1. The number of hydrogen-bond acceptors (Lipinski definition) is 5. The molecule has 1 amide bonds. The standard InChI is InChI=1S/C27H30N2O4/c1-3-33-26-14-20(10-13-25(26)30)17-29-18-22-7-5-4-6-21(22)15-24(29)27(31)28-16-19-8-11-23(32-2)12-9-19/h4-14,24,30H,3,15-18H2,1-2H3,(H,28,31). The van der Waals surface area contributed by atoms with Crippen LogP contribution < -0.4 is 14.8 Å². The van der Waals surface area contributed by atoms with Gasteiger partial charge < -0.3 is 19.9 Å². The van der Waals surface area contributed by atoms with E-state index in [1.165, 1.54) is 11.1 Å². The van der Waals surface area contributed by atoms with E-state index in [0.717, 1.165) is 16.9 Å². The highest BCUT2D eigenvalue weighted by Crippen LogP contribution is 2.30. The fourth-order valence-electron chi connectivity index (χ4n) is 4.21. The minimum atomic E-state index is -0.289. The molecule has 0 spiro atoms. The van der Waals surface area contributed by atoms with Crippen molar-refractivity contribution in [2.75, 3.05) is 13.7 Å². The summed E-state index contributed by atoms with van der Waals surface area (Å²) in [7, 11) is 1.64. The lowest BCUT2D eigenvalue weighted by atomic mass is 9.93. The molecule has 3 aromatic carbocycles. The van der Waals surface area contributed by atoms with Crippen molar-refractivity contribution < 1.29 is 19.4 Å². The third kappa shape index (κ3) is 5.46. The van der Waals surface area contributed by atoms with Crippen molar-refractivity contribution in [3.8, 4) is 17.2 Å². The summed E-state index contributed by atoms with van der Waals surface area (Å²) in [6.07, 6.45) is 0.654. The average molecular weight is 447 g/mol. The maximum absolute atomic E-state index is 13.3. The van der Waals surface area contributed by atoms with Gasteiger partial charge in [0, 0.05) is 19.6 Å². The highest BCUT2D eigenvalue weighted by molar-refractivity contribution is 5.82. The molecule has 33 heavy (non-hydrogen) atoms. The minimum Gasteiger partial charge on any atom is -0.504 e. The van der Waals surface area contributed by atoms with E-state index in [1.54, 1.807) is 13.2 Å². The number of hydrogen-bond donors (Lipinski definition) is 2. The van der Waals surface area contributed by atoms with Crippen molar-refractivity contribution in [3.63, 3.8) is 0 Å². The fourth-order valence-corrected chi connectivity index (χ4v) is 4.21. The second-order valence-corrected chi connectivity index (χ2v) is 8.19. The molecule has 0 saturated carbocycles. The summed E-state index contributed by atoms with van der Waals surface area (Å²) >= 11 is 0. The van der Waals surface area contributed by atoms with Crippen molar-refractivity contribution in [2.45, 2.75) is 39.0 Å². The molecule has 0 aromatic heterocycles. The first-order chi connectivity index (χ1) is 16.1. The number of amides is 1. The molecule has 0 bridgehead atoms. The molecular formula is C27H30N2O4. The average Bonchev–Trinajstić information content (AvgIpc) is 2.84.